The summed E-state index contributed by atoms with van der Waals surface area (Å²) in [5.41, 5.74) is 1.61. The molecule has 2 unspecified atom stereocenters. The van der Waals surface area contributed by atoms with Gasteiger partial charge in [-0.3, -0.25) is 10.3 Å². The van der Waals surface area contributed by atoms with Crippen molar-refractivity contribution in [3.63, 3.8) is 0 Å². The fraction of sp³-hybridized carbons (Fsp3) is 0.667. The van der Waals surface area contributed by atoms with Crippen LogP contribution in [0.25, 0.3) is 11.1 Å². The van der Waals surface area contributed by atoms with Crippen LogP contribution >= 0.6 is 0 Å². The summed E-state index contributed by atoms with van der Waals surface area (Å²) in [5.74, 6) is -0.0273. The van der Waals surface area contributed by atoms with E-state index in [2.05, 4.69) is 15.6 Å². The lowest BCUT2D eigenvalue weighted by molar-refractivity contribution is 0.0968. The minimum atomic E-state index is -3.28. The number of benzene rings is 1. The van der Waals surface area contributed by atoms with E-state index in [4.69, 9.17) is 4.42 Å². The molecule has 31 heavy (non-hydrogen) atoms. The van der Waals surface area contributed by atoms with Crippen LogP contribution in [0.4, 0.5) is 0 Å². The van der Waals surface area contributed by atoms with Crippen LogP contribution in [0.15, 0.2) is 27.4 Å². The fourth-order valence-corrected chi connectivity index (χ4v) is 8.00. The molecule has 0 radical (unpaired) electrons. The number of oxazole rings is 1. The number of sulfonamides is 1. The van der Waals surface area contributed by atoms with Crippen LogP contribution in [0.5, 0.6) is 0 Å². The van der Waals surface area contributed by atoms with Gasteiger partial charge in [-0.1, -0.05) is 6.07 Å². The molecule has 4 heterocycles. The first-order valence-electron chi connectivity index (χ1n) is 11.2. The van der Waals surface area contributed by atoms with Crippen molar-refractivity contribution in [3.8, 4) is 0 Å². The predicted octanol–water partition coefficient (Wildman–Crippen LogP) is 1.03. The average molecular weight is 451 g/mol. The van der Waals surface area contributed by atoms with Crippen molar-refractivity contribution in [2.75, 3.05) is 18.8 Å². The maximum atomic E-state index is 13.2. The molecule has 3 aliphatic heterocycles. The van der Waals surface area contributed by atoms with Gasteiger partial charge in [0.25, 0.3) is 0 Å². The van der Waals surface area contributed by atoms with Crippen molar-refractivity contribution in [3.05, 3.63) is 34.3 Å². The van der Waals surface area contributed by atoms with Crippen molar-refractivity contribution >= 4 is 21.1 Å². The monoisotopic (exact) mass is 450 g/mol. The molecule has 5 rings (SSSR count). The van der Waals surface area contributed by atoms with Crippen LogP contribution in [0, 0.1) is 5.92 Å². The quantitative estimate of drug-likeness (QED) is 0.484. The lowest BCUT2D eigenvalue weighted by Crippen LogP contribution is -2.53. The molecule has 3 fully saturated rings. The van der Waals surface area contributed by atoms with Crippen LogP contribution in [0.3, 0.4) is 0 Å². The summed E-state index contributed by atoms with van der Waals surface area (Å²) in [6.07, 6.45) is 4.08. The molecule has 3 saturated heterocycles. The molecule has 4 atom stereocenters. The van der Waals surface area contributed by atoms with E-state index in [1.54, 1.807) is 22.5 Å². The molecule has 0 spiro atoms. The van der Waals surface area contributed by atoms with Crippen LogP contribution in [-0.4, -0.2) is 59.8 Å². The van der Waals surface area contributed by atoms with Crippen LogP contribution in [0.1, 0.15) is 50.3 Å². The van der Waals surface area contributed by atoms with Crippen molar-refractivity contribution in [2.24, 2.45) is 5.92 Å². The lowest BCUT2D eigenvalue weighted by Gasteiger charge is -2.39. The summed E-state index contributed by atoms with van der Waals surface area (Å²) >= 11 is 0. The highest BCUT2D eigenvalue weighted by Crippen LogP contribution is 2.39. The minimum absolute atomic E-state index is 0.000316. The van der Waals surface area contributed by atoms with Crippen LogP contribution < -0.4 is 16.4 Å². The van der Waals surface area contributed by atoms with Crippen molar-refractivity contribution in [1.82, 2.24) is 19.9 Å². The van der Waals surface area contributed by atoms with Crippen molar-refractivity contribution in [1.29, 1.82) is 0 Å². The average Bonchev–Trinajstić information content (AvgIpc) is 3.24. The Kier molecular flexibility index (Phi) is 5.68. The van der Waals surface area contributed by atoms with Gasteiger partial charge in [-0.2, -0.15) is 4.31 Å². The molecule has 170 valence electrons. The number of fused-ring (bicyclic) bond motifs is 3. The number of aromatic amines is 1. The SMILES string of the molecule is O=c1[nH]c2ccc(C(O)NC3C[C@H]4CC[C@@H](C3)N4S(=O)(=O)CC3CCNCC3)cc2o1. The van der Waals surface area contributed by atoms with E-state index in [0.29, 0.717) is 29.5 Å². The second-order valence-corrected chi connectivity index (χ2v) is 11.1. The van der Waals surface area contributed by atoms with Crippen molar-refractivity contribution < 1.29 is 17.9 Å². The zero-order valence-corrected chi connectivity index (χ0v) is 18.2. The first-order chi connectivity index (χ1) is 14.9. The second kappa shape index (κ2) is 8.32. The second-order valence-electron chi connectivity index (χ2n) is 9.19. The zero-order chi connectivity index (χ0) is 21.6. The number of aromatic nitrogens is 1. The van der Waals surface area contributed by atoms with Gasteiger partial charge in [-0.05, 0) is 75.2 Å². The third-order valence-corrected chi connectivity index (χ3v) is 9.18. The number of nitrogens with one attached hydrogen (secondary N) is 3. The van der Waals surface area contributed by atoms with Gasteiger partial charge in [0.15, 0.2) is 5.58 Å². The third-order valence-electron chi connectivity index (χ3n) is 7.05. The van der Waals surface area contributed by atoms with Crippen molar-refractivity contribution in [2.45, 2.75) is 62.9 Å². The molecule has 3 aliphatic rings. The fourth-order valence-electron chi connectivity index (χ4n) is 5.61. The summed E-state index contributed by atoms with van der Waals surface area (Å²) in [7, 11) is -3.28. The Labute approximate surface area is 181 Å². The van der Waals surface area contributed by atoms with Gasteiger partial charge >= 0.3 is 5.76 Å². The molecule has 0 amide bonds. The Morgan fingerprint density at radius 2 is 1.87 bits per heavy atom. The molecule has 2 aromatic rings. The standard InChI is InChI=1S/C21H30N4O5S/c26-20(14-1-4-18-19(9-14)30-21(27)24-18)23-15-10-16-2-3-17(11-15)25(16)31(28,29)12-13-5-7-22-8-6-13/h1,4,9,13,15-17,20,22-23,26H,2-3,5-8,10-12H2,(H,24,27)/t15?,16-,17+,20?. The Bertz CT molecular complexity index is 1080. The van der Waals surface area contributed by atoms with E-state index in [9.17, 15) is 18.3 Å². The van der Waals surface area contributed by atoms with Gasteiger partial charge in [0.05, 0.1) is 11.3 Å². The summed E-state index contributed by atoms with van der Waals surface area (Å²) < 4.78 is 33.2. The summed E-state index contributed by atoms with van der Waals surface area (Å²) in [5, 5.41) is 17.2. The highest BCUT2D eigenvalue weighted by Gasteiger charge is 2.47. The lowest BCUT2D eigenvalue weighted by atomic mass is 9.99. The predicted molar refractivity (Wildman–Crippen MR) is 116 cm³/mol. The van der Waals surface area contributed by atoms with E-state index in [0.717, 1.165) is 38.8 Å². The number of aliphatic hydroxyl groups is 1. The van der Waals surface area contributed by atoms with Gasteiger partial charge in [-0.15, -0.1) is 0 Å². The molecule has 0 saturated carbocycles. The number of nitrogens with zero attached hydrogens (tertiary/aromatic N) is 1. The molecule has 2 bridgehead atoms. The smallest absolute Gasteiger partial charge is 0.408 e. The summed E-state index contributed by atoms with van der Waals surface area (Å²) in [6.45, 7) is 1.80. The number of aliphatic hydroxyl groups excluding tert-OH is 1. The van der Waals surface area contributed by atoms with E-state index >= 15 is 0 Å². The highest BCUT2D eigenvalue weighted by atomic mass is 32.2. The molecule has 1 aromatic heterocycles. The molecule has 9 nitrogen and oxygen atoms in total. The molecule has 1 aromatic carbocycles. The third kappa shape index (κ3) is 4.31. The number of rotatable bonds is 6. The molecule has 4 N–H and O–H groups in total. The van der Waals surface area contributed by atoms with Gasteiger partial charge in [0.2, 0.25) is 10.0 Å². The number of piperidine rings is 2. The maximum absolute atomic E-state index is 13.2. The van der Waals surface area contributed by atoms with E-state index in [1.165, 1.54) is 0 Å². The largest absolute Gasteiger partial charge is 0.417 e. The maximum Gasteiger partial charge on any atom is 0.417 e. The Morgan fingerprint density at radius 1 is 1.16 bits per heavy atom. The van der Waals surface area contributed by atoms with Gasteiger partial charge in [-0.25, -0.2) is 13.2 Å². The van der Waals surface area contributed by atoms with E-state index < -0.39 is 22.0 Å². The Hall–Kier alpha value is -1.72. The van der Waals surface area contributed by atoms with Crippen LogP contribution in [0.2, 0.25) is 0 Å². The minimum Gasteiger partial charge on any atom is -0.408 e. The Morgan fingerprint density at radius 3 is 2.58 bits per heavy atom. The topological polar surface area (TPSA) is 128 Å². The van der Waals surface area contributed by atoms with Gasteiger partial charge in [0, 0.05) is 18.1 Å². The number of hydrogen-bond acceptors (Lipinski definition) is 7. The van der Waals surface area contributed by atoms with Gasteiger partial charge < -0.3 is 14.8 Å². The molecular weight excluding hydrogens is 420 g/mol. The summed E-state index contributed by atoms with van der Waals surface area (Å²) in [6, 6.07) is 5.14. The normalized spacial score (nSPS) is 28.9. The Balaban J connectivity index is 1.24. The first kappa shape index (κ1) is 21.1. The highest BCUT2D eigenvalue weighted by molar-refractivity contribution is 7.89. The van der Waals surface area contributed by atoms with Crippen LogP contribution in [-0.2, 0) is 10.0 Å². The number of H-pyrrole nitrogens is 1. The summed E-state index contributed by atoms with van der Waals surface area (Å²) in [4.78, 5) is 13.9. The molecule has 10 heteroatoms. The number of hydrogen-bond donors (Lipinski definition) is 4. The molecule has 0 aliphatic carbocycles. The first-order valence-corrected chi connectivity index (χ1v) is 12.8. The molecular formula is C21H30N4O5S. The van der Waals surface area contributed by atoms with Gasteiger partial charge in [0.1, 0.15) is 6.23 Å². The van der Waals surface area contributed by atoms with E-state index in [1.807, 2.05) is 0 Å². The zero-order valence-electron chi connectivity index (χ0n) is 17.4. The van der Waals surface area contributed by atoms with E-state index in [-0.39, 0.29) is 29.8 Å².